The van der Waals surface area contributed by atoms with Crippen molar-refractivity contribution in [2.75, 3.05) is 0 Å². The maximum Gasteiger partial charge on any atom is 0.456 e. The molecule has 0 aliphatic rings. The molecule has 0 N–H and O–H groups in total. The zero-order valence-corrected chi connectivity index (χ0v) is 13.8. The van der Waals surface area contributed by atoms with Gasteiger partial charge in [0.05, 0.1) is 0 Å². The summed E-state index contributed by atoms with van der Waals surface area (Å²) in [6.45, 7) is 4.14. The van der Waals surface area contributed by atoms with Crippen LogP contribution in [0.3, 0.4) is 0 Å². The van der Waals surface area contributed by atoms with Gasteiger partial charge < -0.3 is 0 Å². The predicted molar refractivity (Wildman–Crippen MR) is 59.6 cm³/mol. The van der Waals surface area contributed by atoms with E-state index in [1.54, 1.807) is 0 Å². The third-order valence-corrected chi connectivity index (χ3v) is 0.564. The van der Waals surface area contributed by atoms with Gasteiger partial charge in [-0.15, -0.1) is 0 Å². The molecular weight excluding hydrogens is 439 g/mol. The summed E-state index contributed by atoms with van der Waals surface area (Å²) < 4.78 is 87.6. The van der Waals surface area contributed by atoms with Crippen molar-refractivity contribution >= 4 is 26.6 Å². The summed E-state index contributed by atoms with van der Waals surface area (Å²) in [4.78, 5) is 0. The van der Waals surface area contributed by atoms with Gasteiger partial charge in [-0.2, -0.15) is 37.8 Å². The Bertz CT molecular complexity index is 95.6. The standard InChI is InChI=1S/C6H11.3F3P.Rh/c1-3-5-6-4-2;3*1-4(2)3;/h3,5-6H,4H2,1-2H3;;;;. The molecular formula is C6H11F9P3Rh. The van der Waals surface area contributed by atoms with Crippen molar-refractivity contribution in [3.63, 3.8) is 0 Å². The molecule has 0 amide bonds. The SMILES string of the molecule is C[CH][CH][CH]CC.FP(F)F.FP(F)F.FP(F)F.[Rh]. The minimum absolute atomic E-state index is 0. The van der Waals surface area contributed by atoms with Crippen LogP contribution in [-0.2, 0) is 19.5 Å². The molecule has 19 heavy (non-hydrogen) atoms. The molecule has 0 aromatic rings. The molecule has 13 heteroatoms. The van der Waals surface area contributed by atoms with Crippen LogP contribution in [-0.4, -0.2) is 0 Å². The van der Waals surface area contributed by atoms with Crippen LogP contribution >= 0.6 is 26.6 Å². The maximum absolute atomic E-state index is 9.73. The van der Waals surface area contributed by atoms with E-state index in [0.29, 0.717) is 0 Å². The monoisotopic (exact) mass is 450 g/mol. The van der Waals surface area contributed by atoms with Gasteiger partial charge in [-0.1, -0.05) is 20.3 Å². The van der Waals surface area contributed by atoms with Crippen molar-refractivity contribution in [2.45, 2.75) is 20.3 Å². The van der Waals surface area contributed by atoms with Gasteiger partial charge in [0, 0.05) is 19.5 Å². The molecule has 0 aliphatic carbocycles. The predicted octanol–water partition coefficient (Wildman–Crippen LogP) is 8.39. The molecule has 0 bridgehead atoms. The van der Waals surface area contributed by atoms with Crippen molar-refractivity contribution < 1.29 is 57.3 Å². The Hall–Kier alpha value is 1.28. The number of unbranched alkanes of at least 4 members (excludes halogenated alkanes) is 3. The zero-order chi connectivity index (χ0) is 15.6. The Morgan fingerprint density at radius 2 is 0.947 bits per heavy atom. The first-order valence-corrected chi connectivity index (χ1v) is 6.92. The molecule has 0 spiro atoms. The van der Waals surface area contributed by atoms with E-state index in [4.69, 9.17) is 0 Å². The first kappa shape index (κ1) is 32.3. The van der Waals surface area contributed by atoms with Gasteiger partial charge in [0.15, 0.2) is 0 Å². The summed E-state index contributed by atoms with van der Waals surface area (Å²) in [7, 11) is -12.4. The largest absolute Gasteiger partial charge is 0.456 e. The fourth-order valence-electron chi connectivity index (χ4n) is 0.272. The third-order valence-electron chi connectivity index (χ3n) is 0.564. The Morgan fingerprint density at radius 3 is 1.00 bits per heavy atom. The second-order valence-electron chi connectivity index (χ2n) is 1.74. The quantitative estimate of drug-likeness (QED) is 0.175. The van der Waals surface area contributed by atoms with Gasteiger partial charge in [0.1, 0.15) is 0 Å². The smallest absolute Gasteiger partial charge is 0.152 e. The van der Waals surface area contributed by atoms with E-state index in [1.807, 2.05) is 13.3 Å². The van der Waals surface area contributed by atoms with E-state index >= 15 is 0 Å². The topological polar surface area (TPSA) is 0 Å². The Balaban J connectivity index is -0.0000000459. The molecule has 0 rings (SSSR count). The molecule has 0 nitrogen and oxygen atoms in total. The Labute approximate surface area is 124 Å². The van der Waals surface area contributed by atoms with Crippen molar-refractivity contribution in [3.8, 4) is 0 Å². The van der Waals surface area contributed by atoms with Gasteiger partial charge >= 0.3 is 26.6 Å². The van der Waals surface area contributed by atoms with Crippen LogP contribution in [0.5, 0.6) is 0 Å². The molecule has 0 atom stereocenters. The number of hydrogen-bond donors (Lipinski definition) is 0. The van der Waals surface area contributed by atoms with Crippen LogP contribution in [0.4, 0.5) is 37.8 Å². The molecule has 0 saturated carbocycles. The molecule has 0 aromatic heterocycles. The minimum atomic E-state index is -4.12. The molecule has 0 unspecified atom stereocenters. The second-order valence-corrected chi connectivity index (χ2v) is 2.89. The third kappa shape index (κ3) is 314. The molecule has 0 aliphatic heterocycles. The molecule has 0 heterocycles. The summed E-state index contributed by atoms with van der Waals surface area (Å²) >= 11 is 0. The van der Waals surface area contributed by atoms with Crippen molar-refractivity contribution in [3.05, 3.63) is 19.3 Å². The average Bonchev–Trinajstić information content (AvgIpc) is 2.11. The normalized spacial score (nSPS) is 8.53. The molecule has 4 radical (unpaired) electrons. The van der Waals surface area contributed by atoms with E-state index in [-0.39, 0.29) is 19.5 Å². The van der Waals surface area contributed by atoms with Crippen LogP contribution in [0, 0.1) is 19.3 Å². The maximum atomic E-state index is 9.73. The van der Waals surface area contributed by atoms with E-state index in [0.717, 1.165) is 6.42 Å². The van der Waals surface area contributed by atoms with Crippen molar-refractivity contribution in [2.24, 2.45) is 0 Å². The van der Waals surface area contributed by atoms with Gasteiger partial charge in [-0.3, -0.25) is 0 Å². The van der Waals surface area contributed by atoms with Crippen LogP contribution in [0.1, 0.15) is 20.3 Å². The number of rotatable bonds is 3. The summed E-state index contributed by atoms with van der Waals surface area (Å²) in [6, 6.07) is 0. The molecule has 122 valence electrons. The molecule has 0 saturated heterocycles. The minimum Gasteiger partial charge on any atom is -0.152 e. The van der Waals surface area contributed by atoms with Gasteiger partial charge in [-0.05, 0) is 19.3 Å². The number of halogens is 9. The van der Waals surface area contributed by atoms with E-state index in [2.05, 4.69) is 19.8 Å². The second kappa shape index (κ2) is 31.6. The molecule has 0 fully saturated rings. The first-order valence-electron chi connectivity index (χ1n) is 3.88. The summed E-state index contributed by atoms with van der Waals surface area (Å²) in [6.07, 6.45) is 7.36. The van der Waals surface area contributed by atoms with Crippen molar-refractivity contribution in [1.82, 2.24) is 0 Å². The van der Waals surface area contributed by atoms with Gasteiger partial charge in [-0.25, -0.2) is 0 Å². The van der Waals surface area contributed by atoms with E-state index in [1.165, 1.54) is 0 Å². The Morgan fingerprint density at radius 1 is 0.737 bits per heavy atom. The fourth-order valence-corrected chi connectivity index (χ4v) is 0.272. The van der Waals surface area contributed by atoms with Crippen LogP contribution in [0.2, 0.25) is 0 Å². The Kier molecular flexibility index (Phi) is 53.7. The van der Waals surface area contributed by atoms with Crippen LogP contribution in [0.15, 0.2) is 0 Å². The zero-order valence-electron chi connectivity index (χ0n) is 9.52. The summed E-state index contributed by atoms with van der Waals surface area (Å²) in [5, 5.41) is 0. The molecule has 0 aromatic carbocycles. The van der Waals surface area contributed by atoms with E-state index in [9.17, 15) is 37.8 Å². The fraction of sp³-hybridized carbons (Fsp3) is 0.500. The first-order chi connectivity index (χ1) is 8.11. The van der Waals surface area contributed by atoms with Crippen LogP contribution in [0.25, 0.3) is 0 Å². The number of hydrogen-bond acceptors (Lipinski definition) is 0. The van der Waals surface area contributed by atoms with Crippen LogP contribution < -0.4 is 0 Å². The van der Waals surface area contributed by atoms with Gasteiger partial charge in [0.25, 0.3) is 0 Å². The summed E-state index contributed by atoms with van der Waals surface area (Å²) in [5.74, 6) is 0. The summed E-state index contributed by atoms with van der Waals surface area (Å²) in [5.41, 5.74) is 0. The van der Waals surface area contributed by atoms with Gasteiger partial charge in [0.2, 0.25) is 0 Å². The van der Waals surface area contributed by atoms with E-state index < -0.39 is 26.6 Å². The average molecular weight is 450 g/mol. The van der Waals surface area contributed by atoms with Crippen molar-refractivity contribution in [1.29, 1.82) is 0 Å².